The van der Waals surface area contributed by atoms with Crippen molar-refractivity contribution in [2.75, 3.05) is 18.9 Å². The predicted octanol–water partition coefficient (Wildman–Crippen LogP) is 1.77. The van der Waals surface area contributed by atoms with Crippen molar-refractivity contribution in [3.8, 4) is 5.88 Å². The summed E-state index contributed by atoms with van der Waals surface area (Å²) < 4.78 is 43.7. The van der Waals surface area contributed by atoms with Gasteiger partial charge >= 0.3 is 7.82 Å². The third-order valence-corrected chi connectivity index (χ3v) is 7.80. The van der Waals surface area contributed by atoms with E-state index in [0.29, 0.717) is 30.2 Å². The molecule has 0 bridgehead atoms. The number of fused-ring (bicyclic) bond motifs is 2. The molecule has 2 saturated heterocycles. The van der Waals surface area contributed by atoms with Crippen LogP contribution in [0.5, 0.6) is 5.88 Å². The zero-order valence-electron chi connectivity index (χ0n) is 18.2. The minimum absolute atomic E-state index is 0.0842. The number of hydrogen-bond acceptors (Lipinski definition) is 11. The summed E-state index contributed by atoms with van der Waals surface area (Å²) in [4.78, 5) is 12.8. The quantitative estimate of drug-likeness (QED) is 0.595. The molecule has 1 unspecified atom stereocenters. The molecule has 5 atom stereocenters. The first-order valence-electron chi connectivity index (χ1n) is 11.0. The summed E-state index contributed by atoms with van der Waals surface area (Å²) in [5.41, 5.74) is 12.6. The highest BCUT2D eigenvalue weighted by Gasteiger charge is 2.58. The Kier molecular flexibility index (Phi) is 5.63. The number of hydrogen-bond donors (Lipinski definition) is 2. The molecule has 32 heavy (non-hydrogen) atoms. The van der Waals surface area contributed by atoms with Gasteiger partial charge in [0.2, 0.25) is 11.8 Å². The van der Waals surface area contributed by atoms with Gasteiger partial charge in [0.05, 0.1) is 43.8 Å². The van der Waals surface area contributed by atoms with Gasteiger partial charge in [-0.1, -0.05) is 12.8 Å². The second-order valence-electron chi connectivity index (χ2n) is 8.70. The van der Waals surface area contributed by atoms with Gasteiger partial charge in [0, 0.05) is 0 Å². The zero-order chi connectivity index (χ0) is 22.5. The average Bonchev–Trinajstić information content (AvgIpc) is 3.43. The lowest BCUT2D eigenvalue weighted by Gasteiger charge is -2.36. The molecule has 1 saturated carbocycles. The van der Waals surface area contributed by atoms with E-state index in [-0.39, 0.29) is 18.7 Å². The van der Waals surface area contributed by atoms with E-state index in [9.17, 15) is 4.57 Å². The molecule has 3 aliphatic rings. The Morgan fingerprint density at radius 2 is 2.12 bits per heavy atom. The number of nitrogen functional groups attached to an aromatic ring is 1. The molecule has 0 amide bonds. The van der Waals surface area contributed by atoms with Gasteiger partial charge < -0.3 is 25.5 Å². The van der Waals surface area contributed by atoms with E-state index < -0.39 is 31.7 Å². The Balaban J connectivity index is 1.36. The Labute approximate surface area is 185 Å². The van der Waals surface area contributed by atoms with E-state index in [2.05, 4.69) is 15.0 Å². The van der Waals surface area contributed by atoms with Crippen LogP contribution < -0.4 is 16.2 Å². The van der Waals surface area contributed by atoms with Crippen molar-refractivity contribution < 1.29 is 27.6 Å². The molecule has 12 nitrogen and oxygen atoms in total. The minimum Gasteiger partial charge on any atom is -0.476 e. The second-order valence-corrected chi connectivity index (χ2v) is 10.3. The molecule has 5 rings (SSSR count). The van der Waals surface area contributed by atoms with Crippen LogP contribution in [0.25, 0.3) is 11.2 Å². The second kappa shape index (κ2) is 8.19. The topological polar surface area (TPSA) is 159 Å². The number of anilines is 1. The Morgan fingerprint density at radius 1 is 1.34 bits per heavy atom. The molecule has 13 heteroatoms. The largest absolute Gasteiger partial charge is 0.476 e. The van der Waals surface area contributed by atoms with Crippen LogP contribution in [0.2, 0.25) is 0 Å². The van der Waals surface area contributed by atoms with Gasteiger partial charge in [-0.3, -0.25) is 13.6 Å². The molecule has 0 spiro atoms. The van der Waals surface area contributed by atoms with Crippen molar-refractivity contribution in [2.24, 2.45) is 5.73 Å². The maximum absolute atomic E-state index is 13.1. The number of nitrogens with zero attached hydrogens (tertiary/aromatic N) is 4. The first-order valence-corrected chi connectivity index (χ1v) is 12.4. The molecule has 1 aliphatic carbocycles. The lowest BCUT2D eigenvalue weighted by atomic mass is 9.90. The third kappa shape index (κ3) is 3.89. The van der Waals surface area contributed by atoms with Gasteiger partial charge in [0.1, 0.15) is 12.2 Å². The van der Waals surface area contributed by atoms with Crippen molar-refractivity contribution >= 4 is 24.9 Å². The van der Waals surface area contributed by atoms with Gasteiger partial charge in [-0.05, 0) is 26.7 Å². The summed E-state index contributed by atoms with van der Waals surface area (Å²) in [7, 11) is -3.70. The van der Waals surface area contributed by atoms with E-state index in [1.165, 1.54) is 0 Å². The zero-order valence-corrected chi connectivity index (χ0v) is 19.1. The fourth-order valence-corrected chi connectivity index (χ4v) is 6.33. The van der Waals surface area contributed by atoms with Gasteiger partial charge in [0.25, 0.3) is 0 Å². The highest BCUT2D eigenvalue weighted by atomic mass is 31.2. The number of phosphoric acid groups is 1. The fourth-order valence-electron chi connectivity index (χ4n) is 4.61. The number of ether oxygens (including phenoxy) is 2. The first kappa shape index (κ1) is 22.0. The summed E-state index contributed by atoms with van der Waals surface area (Å²) in [5, 5.41) is 0. The van der Waals surface area contributed by atoms with Gasteiger partial charge in [0.15, 0.2) is 11.2 Å². The fraction of sp³-hybridized carbons (Fsp3) is 0.737. The van der Waals surface area contributed by atoms with E-state index >= 15 is 0 Å². The Hall–Kier alpha value is -1.82. The number of imidazole rings is 1. The molecule has 2 aliphatic heterocycles. The Bertz CT molecular complexity index is 1040. The van der Waals surface area contributed by atoms with Crippen LogP contribution in [0.15, 0.2) is 6.33 Å². The molecular weight excluding hydrogens is 439 g/mol. The number of nitrogens with two attached hydrogens (primary N) is 2. The third-order valence-electron chi connectivity index (χ3n) is 6.30. The van der Waals surface area contributed by atoms with Crippen LogP contribution in [0.3, 0.4) is 0 Å². The van der Waals surface area contributed by atoms with Crippen LogP contribution in [0, 0.1) is 0 Å². The molecular formula is C19H29N6O6P. The molecule has 3 fully saturated rings. The molecule has 0 aromatic carbocycles. The van der Waals surface area contributed by atoms with E-state index in [1.54, 1.807) is 10.9 Å². The van der Waals surface area contributed by atoms with Crippen LogP contribution in [-0.4, -0.2) is 62.7 Å². The van der Waals surface area contributed by atoms with Crippen molar-refractivity contribution in [2.45, 2.75) is 76.0 Å². The van der Waals surface area contributed by atoms with Gasteiger partial charge in [-0.25, -0.2) is 9.55 Å². The molecule has 176 valence electrons. The Morgan fingerprint density at radius 3 is 2.88 bits per heavy atom. The molecule has 4 heterocycles. The summed E-state index contributed by atoms with van der Waals surface area (Å²) in [6.07, 6.45) is 3.74. The molecule has 4 N–H and O–H groups in total. The van der Waals surface area contributed by atoms with Crippen molar-refractivity contribution in [1.82, 2.24) is 19.5 Å². The highest BCUT2D eigenvalue weighted by molar-refractivity contribution is 7.48. The van der Waals surface area contributed by atoms with E-state index in [1.807, 2.05) is 13.8 Å². The van der Waals surface area contributed by atoms with Crippen molar-refractivity contribution in [3.63, 3.8) is 0 Å². The average molecular weight is 468 g/mol. The lowest BCUT2D eigenvalue weighted by Crippen LogP contribution is -2.56. The number of phosphoric ester groups is 1. The van der Waals surface area contributed by atoms with Crippen LogP contribution >= 0.6 is 7.82 Å². The summed E-state index contributed by atoms with van der Waals surface area (Å²) in [6.45, 7) is 4.52. The van der Waals surface area contributed by atoms with E-state index in [0.717, 1.165) is 25.7 Å². The summed E-state index contributed by atoms with van der Waals surface area (Å²) >= 11 is 0. The molecule has 2 aromatic heterocycles. The van der Waals surface area contributed by atoms with Crippen molar-refractivity contribution in [3.05, 3.63) is 6.33 Å². The number of aromatic nitrogens is 4. The monoisotopic (exact) mass is 468 g/mol. The maximum atomic E-state index is 13.1. The number of rotatable bonds is 6. The predicted molar refractivity (Wildman–Crippen MR) is 114 cm³/mol. The highest BCUT2D eigenvalue weighted by Crippen LogP contribution is 2.58. The normalized spacial score (nSPS) is 35.4. The summed E-state index contributed by atoms with van der Waals surface area (Å²) in [5.74, 6) is 0.410. The smallest absolute Gasteiger partial charge is 0.475 e. The van der Waals surface area contributed by atoms with Gasteiger partial charge in [-0.2, -0.15) is 9.97 Å². The van der Waals surface area contributed by atoms with E-state index in [4.69, 9.17) is 34.5 Å². The van der Waals surface area contributed by atoms with Crippen LogP contribution in [0.4, 0.5) is 5.95 Å². The van der Waals surface area contributed by atoms with Crippen LogP contribution in [-0.2, 0) is 29.4 Å². The lowest BCUT2D eigenvalue weighted by molar-refractivity contribution is -0.0655. The standard InChI is InChI=1S/C19H29N6O6P/c1-3-27-17-14-16(23-18(20)24-17)25(10-22-14)8-13-19(2,21)15-12(29-13)9-28-32(26,31-15)30-11-6-4-5-7-11/h10-13,15H,3-9,21H2,1-2H3,(H2,20,23,24)/t12-,13+,15-,19+,32?/m1/s1. The van der Waals surface area contributed by atoms with Gasteiger partial charge in [-0.15, -0.1) is 0 Å². The first-order chi connectivity index (χ1) is 15.3. The molecule has 2 aromatic rings. The van der Waals surface area contributed by atoms with Crippen molar-refractivity contribution in [1.29, 1.82) is 0 Å². The molecule has 0 radical (unpaired) electrons. The summed E-state index contributed by atoms with van der Waals surface area (Å²) in [6, 6.07) is 0. The minimum atomic E-state index is -3.70. The van der Waals surface area contributed by atoms with Crippen LogP contribution in [0.1, 0.15) is 39.5 Å². The maximum Gasteiger partial charge on any atom is 0.475 e. The SMILES string of the molecule is CCOc1nc(N)nc2c1ncn2C[C@@H]1O[C@@H]2COP(=O)(OC3CCCC3)O[C@H]2[C@@]1(C)N.